The van der Waals surface area contributed by atoms with Crippen LogP contribution in [-0.4, -0.2) is 42.5 Å². The third kappa shape index (κ3) is 7.39. The third-order valence-corrected chi connectivity index (χ3v) is 6.27. The van der Waals surface area contributed by atoms with Crippen LogP contribution in [0.4, 0.5) is 0 Å². The molecule has 2 rings (SSSR count). The Balaban J connectivity index is 2.25. The van der Waals surface area contributed by atoms with Crippen LogP contribution < -0.4 is 14.8 Å². The summed E-state index contributed by atoms with van der Waals surface area (Å²) in [4.78, 5) is 27.9. The van der Waals surface area contributed by atoms with Crippen molar-refractivity contribution in [1.82, 2.24) is 10.2 Å². The molecule has 33 heavy (non-hydrogen) atoms. The topological polar surface area (TPSA) is 67.9 Å². The molecule has 0 aliphatic heterocycles. The summed E-state index contributed by atoms with van der Waals surface area (Å²) < 4.78 is 11.0. The maximum atomic E-state index is 13.3. The summed E-state index contributed by atoms with van der Waals surface area (Å²) in [5.41, 5.74) is 2.67. The van der Waals surface area contributed by atoms with E-state index in [9.17, 15) is 9.59 Å². The van der Waals surface area contributed by atoms with Crippen molar-refractivity contribution in [2.24, 2.45) is 0 Å². The van der Waals surface area contributed by atoms with Crippen molar-refractivity contribution >= 4 is 23.4 Å². The van der Waals surface area contributed by atoms with Gasteiger partial charge < -0.3 is 19.7 Å². The zero-order valence-corrected chi connectivity index (χ0v) is 21.2. The molecule has 2 aromatic carbocycles. The number of nitrogens with zero attached hydrogens (tertiary/aromatic N) is 1. The number of rotatable bonds is 11. The normalized spacial score (nSPS) is 12.6. The molecule has 0 aliphatic carbocycles. The van der Waals surface area contributed by atoms with Crippen molar-refractivity contribution in [3.8, 4) is 11.5 Å². The Labute approximate surface area is 202 Å². The van der Waals surface area contributed by atoms with Crippen LogP contribution in [0.5, 0.6) is 11.5 Å². The van der Waals surface area contributed by atoms with Crippen LogP contribution >= 0.6 is 11.6 Å². The Morgan fingerprint density at radius 3 is 2.15 bits per heavy atom. The van der Waals surface area contributed by atoms with Crippen LogP contribution in [0.3, 0.4) is 0 Å². The Kier molecular flexibility index (Phi) is 10.0. The molecule has 180 valence electrons. The van der Waals surface area contributed by atoms with Gasteiger partial charge in [-0.05, 0) is 74.6 Å². The van der Waals surface area contributed by atoms with Gasteiger partial charge in [0.1, 0.15) is 17.5 Å². The standard InChI is InChI=1S/C26H35ClN2O4/c1-7-19(5)28-26(31)23(8-2)29(15-20-9-11-21(32-6)12-10-20)24(30)16-33-22-13-17(3)25(27)18(4)14-22/h9-14,19,23H,7-8,15-16H2,1-6H3,(H,28,31)/t19-,23-/m0/s1. The minimum Gasteiger partial charge on any atom is -0.497 e. The van der Waals surface area contributed by atoms with Gasteiger partial charge in [0, 0.05) is 17.6 Å². The summed E-state index contributed by atoms with van der Waals surface area (Å²) in [6, 6.07) is 10.5. The van der Waals surface area contributed by atoms with Crippen LogP contribution in [0.1, 0.15) is 50.3 Å². The number of nitrogens with one attached hydrogen (secondary N) is 1. The summed E-state index contributed by atoms with van der Waals surface area (Å²) in [7, 11) is 1.61. The fourth-order valence-corrected chi connectivity index (χ4v) is 3.61. The lowest BCUT2D eigenvalue weighted by molar-refractivity contribution is -0.143. The molecule has 0 saturated carbocycles. The van der Waals surface area contributed by atoms with Crippen LogP contribution in [0.25, 0.3) is 0 Å². The van der Waals surface area contributed by atoms with E-state index in [0.29, 0.717) is 17.2 Å². The second kappa shape index (κ2) is 12.5. The molecule has 0 aromatic heterocycles. The molecule has 0 unspecified atom stereocenters. The van der Waals surface area contributed by atoms with Crippen LogP contribution in [0, 0.1) is 13.8 Å². The fraction of sp³-hybridized carbons (Fsp3) is 0.462. The molecule has 0 aliphatic rings. The van der Waals surface area contributed by atoms with Crippen molar-refractivity contribution < 1.29 is 19.1 Å². The first kappa shape index (κ1) is 26.5. The summed E-state index contributed by atoms with van der Waals surface area (Å²) in [6.07, 6.45) is 1.30. The summed E-state index contributed by atoms with van der Waals surface area (Å²) in [5, 5.41) is 3.69. The first-order chi connectivity index (χ1) is 15.7. The average Bonchev–Trinajstić information content (AvgIpc) is 2.80. The zero-order valence-electron chi connectivity index (χ0n) is 20.4. The van der Waals surface area contributed by atoms with Gasteiger partial charge in [-0.15, -0.1) is 0 Å². The van der Waals surface area contributed by atoms with Crippen LogP contribution in [0.2, 0.25) is 5.02 Å². The number of benzene rings is 2. The summed E-state index contributed by atoms with van der Waals surface area (Å²) in [5.74, 6) is 0.883. The quantitative estimate of drug-likeness (QED) is 0.494. The van der Waals surface area contributed by atoms with E-state index in [4.69, 9.17) is 21.1 Å². The number of carbonyl (C=O) groups is 2. The van der Waals surface area contributed by atoms with E-state index in [2.05, 4.69) is 5.32 Å². The smallest absolute Gasteiger partial charge is 0.261 e. The Hall–Kier alpha value is -2.73. The van der Waals surface area contributed by atoms with Gasteiger partial charge in [-0.1, -0.05) is 37.6 Å². The Morgan fingerprint density at radius 1 is 1.03 bits per heavy atom. The van der Waals surface area contributed by atoms with E-state index >= 15 is 0 Å². The molecular weight excluding hydrogens is 440 g/mol. The molecule has 0 fully saturated rings. The maximum Gasteiger partial charge on any atom is 0.261 e. The van der Waals surface area contributed by atoms with E-state index in [1.165, 1.54) is 0 Å². The van der Waals surface area contributed by atoms with Crippen molar-refractivity contribution in [3.05, 3.63) is 58.1 Å². The van der Waals surface area contributed by atoms with Crippen molar-refractivity contribution in [3.63, 3.8) is 0 Å². The second-order valence-corrected chi connectivity index (χ2v) is 8.65. The van der Waals surface area contributed by atoms with Gasteiger partial charge >= 0.3 is 0 Å². The molecule has 2 amide bonds. The lowest BCUT2D eigenvalue weighted by atomic mass is 10.1. The Bertz CT molecular complexity index is 923. The number of methoxy groups -OCH3 is 1. The van der Waals surface area contributed by atoms with E-state index < -0.39 is 6.04 Å². The SMILES string of the molecule is CC[C@H](C)NC(=O)[C@H](CC)N(Cc1ccc(OC)cc1)C(=O)COc1cc(C)c(Cl)c(C)c1. The highest BCUT2D eigenvalue weighted by Crippen LogP contribution is 2.26. The second-order valence-electron chi connectivity index (χ2n) is 8.27. The number of carbonyl (C=O) groups excluding carboxylic acids is 2. The highest BCUT2D eigenvalue weighted by Gasteiger charge is 2.29. The molecule has 1 N–H and O–H groups in total. The van der Waals surface area contributed by atoms with E-state index in [0.717, 1.165) is 28.9 Å². The first-order valence-corrected chi connectivity index (χ1v) is 11.7. The predicted molar refractivity (Wildman–Crippen MR) is 132 cm³/mol. The number of ether oxygens (including phenoxy) is 2. The van der Waals surface area contributed by atoms with Crippen LogP contribution in [0.15, 0.2) is 36.4 Å². The maximum absolute atomic E-state index is 13.3. The number of aryl methyl sites for hydroxylation is 2. The number of hydrogen-bond acceptors (Lipinski definition) is 4. The largest absolute Gasteiger partial charge is 0.497 e. The van der Waals surface area contributed by atoms with E-state index in [1.54, 1.807) is 12.0 Å². The van der Waals surface area contributed by atoms with Gasteiger partial charge in [-0.3, -0.25) is 9.59 Å². The first-order valence-electron chi connectivity index (χ1n) is 11.3. The minimum atomic E-state index is -0.606. The molecule has 0 saturated heterocycles. The summed E-state index contributed by atoms with van der Waals surface area (Å²) >= 11 is 6.24. The van der Waals surface area contributed by atoms with E-state index in [-0.39, 0.29) is 31.0 Å². The monoisotopic (exact) mass is 474 g/mol. The Morgan fingerprint density at radius 2 is 1.64 bits per heavy atom. The van der Waals surface area contributed by atoms with Crippen LogP contribution in [-0.2, 0) is 16.1 Å². The third-order valence-electron chi connectivity index (χ3n) is 5.67. The molecular formula is C26H35ClN2O4. The van der Waals surface area contributed by atoms with Gasteiger partial charge in [0.05, 0.1) is 7.11 Å². The molecule has 0 heterocycles. The number of amides is 2. The number of hydrogen-bond donors (Lipinski definition) is 1. The van der Waals surface area contributed by atoms with Crippen molar-refractivity contribution in [1.29, 1.82) is 0 Å². The molecule has 0 bridgehead atoms. The van der Waals surface area contributed by atoms with Gasteiger partial charge in [-0.25, -0.2) is 0 Å². The summed E-state index contributed by atoms with van der Waals surface area (Å²) in [6.45, 7) is 9.77. The number of halogens is 1. The molecule has 0 spiro atoms. The highest BCUT2D eigenvalue weighted by atomic mass is 35.5. The minimum absolute atomic E-state index is 0.0285. The molecule has 6 nitrogen and oxygen atoms in total. The van der Waals surface area contributed by atoms with Gasteiger partial charge in [0.2, 0.25) is 5.91 Å². The van der Waals surface area contributed by atoms with E-state index in [1.807, 2.05) is 71.0 Å². The molecule has 7 heteroatoms. The molecule has 2 atom stereocenters. The lowest BCUT2D eigenvalue weighted by Crippen LogP contribution is -2.51. The van der Waals surface area contributed by atoms with Gasteiger partial charge in [0.15, 0.2) is 6.61 Å². The van der Waals surface area contributed by atoms with Crippen molar-refractivity contribution in [2.45, 2.75) is 66.1 Å². The molecule has 0 radical (unpaired) electrons. The lowest BCUT2D eigenvalue weighted by Gasteiger charge is -2.31. The zero-order chi connectivity index (χ0) is 24.5. The molecule has 2 aromatic rings. The predicted octanol–water partition coefficient (Wildman–Crippen LogP) is 5.07. The fourth-order valence-electron chi connectivity index (χ4n) is 3.51. The highest BCUT2D eigenvalue weighted by molar-refractivity contribution is 6.32. The van der Waals surface area contributed by atoms with Gasteiger partial charge in [-0.2, -0.15) is 0 Å². The van der Waals surface area contributed by atoms with Crippen molar-refractivity contribution in [2.75, 3.05) is 13.7 Å². The van der Waals surface area contributed by atoms with Gasteiger partial charge in [0.25, 0.3) is 5.91 Å². The average molecular weight is 475 g/mol.